The molecule has 1 aromatic heterocycles. The van der Waals surface area contributed by atoms with Crippen molar-refractivity contribution in [2.45, 2.75) is 19.4 Å². The van der Waals surface area contributed by atoms with Gasteiger partial charge in [0.2, 0.25) is 0 Å². The van der Waals surface area contributed by atoms with E-state index in [0.29, 0.717) is 18.0 Å². The molecule has 0 radical (unpaired) electrons. The SMILES string of the molecule is CCOc1ccc(CC(=O)c2cnn3c2NC(c2ccccc2)=CC3c2ccc(F)cc2)cc1. The number of ketones is 1. The zero-order valence-electron chi connectivity index (χ0n) is 18.7. The lowest BCUT2D eigenvalue weighted by Crippen LogP contribution is -2.21. The Balaban J connectivity index is 1.49. The van der Waals surface area contributed by atoms with Gasteiger partial charge in [0, 0.05) is 12.1 Å². The van der Waals surface area contributed by atoms with Crippen LogP contribution in [0.3, 0.4) is 0 Å². The zero-order valence-corrected chi connectivity index (χ0v) is 18.7. The van der Waals surface area contributed by atoms with Gasteiger partial charge in [0.25, 0.3) is 0 Å². The molecule has 0 saturated heterocycles. The molecule has 5 nitrogen and oxygen atoms in total. The normalized spacial score (nSPS) is 14.6. The lowest BCUT2D eigenvalue weighted by Gasteiger charge is -2.26. The maximum atomic E-state index is 13.6. The van der Waals surface area contributed by atoms with E-state index in [9.17, 15) is 9.18 Å². The number of aromatic nitrogens is 2. The fourth-order valence-electron chi connectivity index (χ4n) is 4.13. The molecule has 0 saturated carbocycles. The average molecular weight is 454 g/mol. The monoisotopic (exact) mass is 453 g/mol. The summed E-state index contributed by atoms with van der Waals surface area (Å²) in [6.07, 6.45) is 3.90. The molecule has 4 aromatic rings. The van der Waals surface area contributed by atoms with Crippen LogP contribution in [-0.4, -0.2) is 22.2 Å². The van der Waals surface area contributed by atoms with Gasteiger partial charge in [-0.1, -0.05) is 54.6 Å². The van der Waals surface area contributed by atoms with Gasteiger partial charge in [0.1, 0.15) is 17.4 Å². The van der Waals surface area contributed by atoms with Crippen LogP contribution >= 0.6 is 0 Å². The molecule has 3 aromatic carbocycles. The summed E-state index contributed by atoms with van der Waals surface area (Å²) in [7, 11) is 0. The lowest BCUT2D eigenvalue weighted by atomic mass is 10.00. The highest BCUT2D eigenvalue weighted by Gasteiger charge is 2.27. The summed E-state index contributed by atoms with van der Waals surface area (Å²) in [4.78, 5) is 13.3. The number of Topliss-reactive ketones (excluding diaryl/α,β-unsaturated/α-hetero) is 1. The van der Waals surface area contributed by atoms with Gasteiger partial charge in [-0.3, -0.25) is 4.79 Å². The van der Waals surface area contributed by atoms with E-state index < -0.39 is 0 Å². The molecule has 0 bridgehead atoms. The number of carbonyl (C=O) groups excluding carboxylic acids is 1. The van der Waals surface area contributed by atoms with Gasteiger partial charge in [-0.2, -0.15) is 5.10 Å². The van der Waals surface area contributed by atoms with Crippen LogP contribution in [0.25, 0.3) is 5.70 Å². The fraction of sp³-hybridized carbons (Fsp3) is 0.143. The highest BCUT2D eigenvalue weighted by molar-refractivity contribution is 6.03. The Morgan fingerprint density at radius 2 is 1.76 bits per heavy atom. The Labute approximate surface area is 197 Å². The molecule has 0 spiro atoms. The van der Waals surface area contributed by atoms with Crippen molar-refractivity contribution in [2.75, 3.05) is 11.9 Å². The summed E-state index contributed by atoms with van der Waals surface area (Å²) in [5, 5.41) is 7.95. The van der Waals surface area contributed by atoms with E-state index in [1.165, 1.54) is 12.1 Å². The number of fused-ring (bicyclic) bond motifs is 1. The second-order valence-corrected chi connectivity index (χ2v) is 8.10. The van der Waals surface area contributed by atoms with E-state index in [1.807, 2.05) is 67.6 Å². The van der Waals surface area contributed by atoms with Gasteiger partial charge < -0.3 is 10.1 Å². The van der Waals surface area contributed by atoms with Crippen LogP contribution < -0.4 is 10.1 Å². The van der Waals surface area contributed by atoms with Crippen LogP contribution in [0.5, 0.6) is 5.75 Å². The number of hydrogen-bond acceptors (Lipinski definition) is 4. The number of nitrogens with one attached hydrogen (secondary N) is 1. The second-order valence-electron chi connectivity index (χ2n) is 8.10. The third-order valence-corrected chi connectivity index (χ3v) is 5.83. The summed E-state index contributed by atoms with van der Waals surface area (Å²) >= 11 is 0. The third-order valence-electron chi connectivity index (χ3n) is 5.83. The summed E-state index contributed by atoms with van der Waals surface area (Å²) < 4.78 is 20.8. The largest absolute Gasteiger partial charge is 0.494 e. The maximum absolute atomic E-state index is 13.6. The molecule has 1 aliphatic heterocycles. The maximum Gasteiger partial charge on any atom is 0.172 e. The number of carbonyl (C=O) groups is 1. The van der Waals surface area contributed by atoms with Gasteiger partial charge in [-0.15, -0.1) is 0 Å². The fourth-order valence-corrected chi connectivity index (χ4v) is 4.13. The smallest absolute Gasteiger partial charge is 0.172 e. The zero-order chi connectivity index (χ0) is 23.5. The molecular formula is C28H24FN3O2. The third kappa shape index (κ3) is 4.35. The van der Waals surface area contributed by atoms with E-state index in [4.69, 9.17) is 4.74 Å². The van der Waals surface area contributed by atoms with Crippen molar-refractivity contribution in [3.05, 3.63) is 119 Å². The predicted molar refractivity (Wildman–Crippen MR) is 130 cm³/mol. The number of halogens is 1. The first-order valence-electron chi connectivity index (χ1n) is 11.2. The minimum absolute atomic E-state index is 0.0370. The average Bonchev–Trinajstić information content (AvgIpc) is 3.30. The first-order chi connectivity index (χ1) is 16.6. The summed E-state index contributed by atoms with van der Waals surface area (Å²) in [6.45, 7) is 2.53. The highest BCUT2D eigenvalue weighted by atomic mass is 19.1. The van der Waals surface area contributed by atoms with Crippen molar-refractivity contribution in [3.8, 4) is 5.75 Å². The van der Waals surface area contributed by atoms with E-state index in [1.54, 1.807) is 23.0 Å². The number of ether oxygens (including phenoxy) is 1. The van der Waals surface area contributed by atoms with Crippen molar-refractivity contribution in [3.63, 3.8) is 0 Å². The molecule has 170 valence electrons. The van der Waals surface area contributed by atoms with Crippen LogP contribution in [-0.2, 0) is 6.42 Å². The lowest BCUT2D eigenvalue weighted by molar-refractivity contribution is 0.0993. The molecule has 0 aliphatic carbocycles. The van der Waals surface area contributed by atoms with Gasteiger partial charge in [0.15, 0.2) is 5.78 Å². The van der Waals surface area contributed by atoms with Crippen LogP contribution in [0.4, 0.5) is 10.2 Å². The molecule has 1 atom stereocenters. The van der Waals surface area contributed by atoms with Crippen molar-refractivity contribution < 1.29 is 13.9 Å². The molecule has 0 amide bonds. The van der Waals surface area contributed by atoms with Crippen molar-refractivity contribution in [2.24, 2.45) is 0 Å². The Kier molecular flexibility index (Phi) is 5.95. The number of hydrogen-bond donors (Lipinski definition) is 1. The molecular weight excluding hydrogens is 429 g/mol. The molecule has 1 unspecified atom stereocenters. The predicted octanol–water partition coefficient (Wildman–Crippen LogP) is 5.90. The van der Waals surface area contributed by atoms with E-state index in [-0.39, 0.29) is 24.1 Å². The van der Waals surface area contributed by atoms with Crippen LogP contribution in [0.2, 0.25) is 0 Å². The molecule has 6 heteroatoms. The molecule has 2 heterocycles. The molecule has 5 rings (SSSR count). The van der Waals surface area contributed by atoms with E-state index >= 15 is 0 Å². The topological polar surface area (TPSA) is 56.1 Å². The van der Waals surface area contributed by atoms with E-state index in [2.05, 4.69) is 10.4 Å². The van der Waals surface area contributed by atoms with Crippen LogP contribution in [0.15, 0.2) is 91.1 Å². The van der Waals surface area contributed by atoms with Crippen molar-refractivity contribution in [1.82, 2.24) is 9.78 Å². The Bertz CT molecular complexity index is 1330. The second kappa shape index (κ2) is 9.35. The van der Waals surface area contributed by atoms with Crippen LogP contribution in [0.1, 0.15) is 40.0 Å². The number of allylic oxidation sites excluding steroid dienone is 1. The van der Waals surface area contributed by atoms with Gasteiger partial charge in [-0.25, -0.2) is 9.07 Å². The van der Waals surface area contributed by atoms with Gasteiger partial charge >= 0.3 is 0 Å². The van der Waals surface area contributed by atoms with Crippen molar-refractivity contribution in [1.29, 1.82) is 0 Å². The minimum atomic E-state index is -0.295. The van der Waals surface area contributed by atoms with Gasteiger partial charge in [0.05, 0.1) is 24.4 Å². The first-order valence-corrected chi connectivity index (χ1v) is 11.2. The molecule has 1 N–H and O–H groups in total. The standard InChI is InChI=1S/C28H24FN3O2/c1-2-34-23-14-8-19(9-15-23)16-27(33)24-18-30-32-26(21-10-12-22(29)13-11-21)17-25(31-28(24)32)20-6-4-3-5-7-20/h3-15,17-18,26,31H,2,16H2,1H3. The van der Waals surface area contributed by atoms with Crippen LogP contribution in [0, 0.1) is 5.82 Å². The van der Waals surface area contributed by atoms with Gasteiger partial charge in [-0.05, 0) is 54.0 Å². The first kappa shape index (κ1) is 21.6. The summed E-state index contributed by atoms with van der Waals surface area (Å²) in [5.74, 6) is 1.08. The Morgan fingerprint density at radius 1 is 1.03 bits per heavy atom. The van der Waals surface area contributed by atoms with E-state index in [0.717, 1.165) is 28.1 Å². The Hall–Kier alpha value is -4.19. The Morgan fingerprint density at radius 3 is 2.47 bits per heavy atom. The number of anilines is 1. The minimum Gasteiger partial charge on any atom is -0.494 e. The molecule has 0 fully saturated rings. The number of nitrogens with zero attached hydrogens (tertiary/aromatic N) is 2. The highest BCUT2D eigenvalue weighted by Crippen LogP contribution is 2.35. The molecule has 1 aliphatic rings. The summed E-state index contributed by atoms with van der Waals surface area (Å²) in [5.41, 5.74) is 4.16. The number of rotatable bonds is 7. The summed E-state index contributed by atoms with van der Waals surface area (Å²) in [6, 6.07) is 23.6. The quantitative estimate of drug-likeness (QED) is 0.354. The number of benzene rings is 3. The van der Waals surface area contributed by atoms with Crippen molar-refractivity contribution >= 4 is 17.3 Å². The molecule has 34 heavy (non-hydrogen) atoms.